The molecule has 23 heavy (non-hydrogen) atoms. The second-order valence-corrected chi connectivity index (χ2v) is 7.55. The zero-order valence-corrected chi connectivity index (χ0v) is 12.8. The van der Waals surface area contributed by atoms with Crippen molar-refractivity contribution in [2.75, 3.05) is 0 Å². The molecule has 0 spiro atoms. The summed E-state index contributed by atoms with van der Waals surface area (Å²) >= 11 is 0. The Balaban J connectivity index is 2.64. The molecule has 1 aromatic heterocycles. The number of hydrogen-bond acceptors (Lipinski definition) is 6. The predicted molar refractivity (Wildman–Crippen MR) is 80.5 cm³/mol. The molecule has 0 saturated heterocycles. The first-order valence-electron chi connectivity index (χ1n) is 6.09. The molecule has 0 atom stereocenters. The molecule has 2 aromatic carbocycles. The van der Waals surface area contributed by atoms with Crippen molar-refractivity contribution in [3.8, 4) is 5.75 Å². The van der Waals surface area contributed by atoms with Crippen LogP contribution in [0.4, 0.5) is 0 Å². The van der Waals surface area contributed by atoms with Crippen molar-refractivity contribution >= 4 is 42.0 Å². The van der Waals surface area contributed by atoms with E-state index < -0.39 is 35.8 Å². The molecule has 0 radical (unpaired) electrons. The van der Waals surface area contributed by atoms with Crippen molar-refractivity contribution in [1.29, 1.82) is 0 Å². The molecule has 0 bridgehead atoms. The average Bonchev–Trinajstić information content (AvgIpc) is 2.44. The van der Waals surface area contributed by atoms with Crippen molar-refractivity contribution in [3.05, 3.63) is 36.4 Å². The first-order valence-corrected chi connectivity index (χ1v) is 8.97. The van der Waals surface area contributed by atoms with Gasteiger partial charge in [-0.25, -0.2) is 4.98 Å². The van der Waals surface area contributed by atoms with E-state index in [4.69, 9.17) is 4.55 Å². The normalized spacial score (nSPS) is 12.8. The fraction of sp³-hybridized carbons (Fsp3) is 0. The van der Waals surface area contributed by atoms with E-state index in [2.05, 4.69) is 4.98 Å². The van der Waals surface area contributed by atoms with Gasteiger partial charge >= 0.3 is 0 Å². The number of para-hydroxylation sites is 1. The van der Waals surface area contributed by atoms with Gasteiger partial charge < -0.3 is 5.11 Å². The lowest BCUT2D eigenvalue weighted by atomic mass is 10.1. The van der Waals surface area contributed by atoms with Crippen LogP contribution in [0.3, 0.4) is 0 Å². The molecule has 120 valence electrons. The molecule has 0 aliphatic heterocycles. The Morgan fingerprint density at radius 3 is 2.13 bits per heavy atom. The number of fused-ring (bicyclic) bond motifs is 2. The van der Waals surface area contributed by atoms with Crippen molar-refractivity contribution in [3.63, 3.8) is 0 Å². The van der Waals surface area contributed by atoms with Crippen LogP contribution in [-0.2, 0) is 20.2 Å². The summed E-state index contributed by atoms with van der Waals surface area (Å²) in [5, 5.41) is 10.2. The van der Waals surface area contributed by atoms with Crippen LogP contribution in [0.1, 0.15) is 0 Å². The van der Waals surface area contributed by atoms with E-state index in [1.807, 2.05) is 0 Å². The summed E-state index contributed by atoms with van der Waals surface area (Å²) in [6.45, 7) is 0. The van der Waals surface area contributed by atoms with Gasteiger partial charge in [0.1, 0.15) is 10.6 Å². The van der Waals surface area contributed by atoms with Crippen molar-refractivity contribution < 1.29 is 31.0 Å². The van der Waals surface area contributed by atoms with Crippen LogP contribution in [0.15, 0.2) is 46.2 Å². The highest BCUT2D eigenvalue weighted by Crippen LogP contribution is 2.37. The molecular formula is C13H9NO7S2. The summed E-state index contributed by atoms with van der Waals surface area (Å²) in [4.78, 5) is 2.45. The van der Waals surface area contributed by atoms with Gasteiger partial charge in [-0.1, -0.05) is 12.1 Å². The Hall–Kier alpha value is -2.27. The molecule has 0 fully saturated rings. The van der Waals surface area contributed by atoms with Gasteiger partial charge in [-0.15, -0.1) is 0 Å². The molecule has 3 rings (SSSR count). The molecule has 10 heteroatoms. The number of aromatic hydroxyl groups is 1. The van der Waals surface area contributed by atoms with Crippen LogP contribution < -0.4 is 0 Å². The lowest BCUT2D eigenvalue weighted by molar-refractivity contribution is 0.475. The van der Waals surface area contributed by atoms with Gasteiger partial charge in [-0.05, 0) is 24.3 Å². The summed E-state index contributed by atoms with van der Waals surface area (Å²) in [6.07, 6.45) is 0. The molecular weight excluding hydrogens is 346 g/mol. The highest BCUT2D eigenvalue weighted by atomic mass is 32.2. The van der Waals surface area contributed by atoms with Crippen LogP contribution in [0.25, 0.3) is 21.8 Å². The summed E-state index contributed by atoms with van der Waals surface area (Å²) < 4.78 is 64.2. The summed E-state index contributed by atoms with van der Waals surface area (Å²) in [5.41, 5.74) is 0.0789. The topological polar surface area (TPSA) is 142 Å². The van der Waals surface area contributed by atoms with E-state index in [0.717, 1.165) is 6.07 Å². The predicted octanol–water partition coefficient (Wildman–Crippen LogP) is 1.59. The third-order valence-electron chi connectivity index (χ3n) is 3.27. The zero-order valence-electron chi connectivity index (χ0n) is 11.2. The van der Waals surface area contributed by atoms with E-state index in [1.54, 1.807) is 12.1 Å². The lowest BCUT2D eigenvalue weighted by Gasteiger charge is -2.10. The van der Waals surface area contributed by atoms with E-state index in [9.17, 15) is 26.5 Å². The molecule has 3 aromatic rings. The van der Waals surface area contributed by atoms with Gasteiger partial charge in [0.05, 0.1) is 21.3 Å². The SMILES string of the molecule is O=S(=O)(O)c1cc(S(=O)(=O)O)c2c(O)c3ccccc3nc2c1. The molecule has 0 aliphatic carbocycles. The fourth-order valence-corrected chi connectivity index (χ4v) is 3.63. The minimum Gasteiger partial charge on any atom is -0.506 e. The monoisotopic (exact) mass is 355 g/mol. The Kier molecular flexibility index (Phi) is 3.30. The second-order valence-electron chi connectivity index (χ2n) is 4.74. The smallest absolute Gasteiger partial charge is 0.295 e. The number of benzene rings is 2. The molecule has 0 saturated carbocycles. The first kappa shape index (κ1) is 15.6. The number of nitrogens with zero attached hydrogens (tertiary/aromatic N) is 1. The van der Waals surface area contributed by atoms with E-state index in [-0.39, 0.29) is 21.8 Å². The number of rotatable bonds is 2. The summed E-state index contributed by atoms with van der Waals surface area (Å²) in [5.74, 6) is -0.472. The number of pyridine rings is 1. The van der Waals surface area contributed by atoms with Crippen LogP contribution >= 0.6 is 0 Å². The highest BCUT2D eigenvalue weighted by molar-refractivity contribution is 7.86. The first-order chi connectivity index (χ1) is 10.6. The maximum Gasteiger partial charge on any atom is 0.295 e. The number of aromatic nitrogens is 1. The lowest BCUT2D eigenvalue weighted by Crippen LogP contribution is -2.05. The minimum atomic E-state index is -4.88. The third-order valence-corrected chi connectivity index (χ3v) is 4.98. The zero-order chi connectivity index (χ0) is 17.0. The van der Waals surface area contributed by atoms with Gasteiger partial charge in [0, 0.05) is 5.39 Å². The Morgan fingerprint density at radius 2 is 1.52 bits per heavy atom. The Bertz CT molecular complexity index is 1170. The minimum absolute atomic E-state index is 0.205. The van der Waals surface area contributed by atoms with Crippen LogP contribution in [0, 0.1) is 0 Å². The molecule has 0 aliphatic rings. The van der Waals surface area contributed by atoms with E-state index in [0.29, 0.717) is 6.07 Å². The van der Waals surface area contributed by atoms with E-state index >= 15 is 0 Å². The average molecular weight is 355 g/mol. The van der Waals surface area contributed by atoms with Gasteiger partial charge in [-0.3, -0.25) is 9.11 Å². The molecule has 8 nitrogen and oxygen atoms in total. The van der Waals surface area contributed by atoms with E-state index in [1.165, 1.54) is 12.1 Å². The molecule has 0 unspecified atom stereocenters. The maximum atomic E-state index is 11.6. The number of hydrogen-bond donors (Lipinski definition) is 3. The van der Waals surface area contributed by atoms with Crippen molar-refractivity contribution in [2.24, 2.45) is 0 Å². The second kappa shape index (κ2) is 4.86. The Morgan fingerprint density at radius 1 is 0.870 bits per heavy atom. The van der Waals surface area contributed by atoms with Gasteiger partial charge in [-0.2, -0.15) is 16.8 Å². The maximum absolute atomic E-state index is 11.6. The van der Waals surface area contributed by atoms with Crippen molar-refractivity contribution in [2.45, 2.75) is 9.79 Å². The van der Waals surface area contributed by atoms with Crippen LogP contribution in [-0.4, -0.2) is 36.0 Å². The van der Waals surface area contributed by atoms with Gasteiger partial charge in [0.25, 0.3) is 20.2 Å². The fourth-order valence-electron chi connectivity index (χ4n) is 2.29. The quantitative estimate of drug-likeness (QED) is 0.465. The van der Waals surface area contributed by atoms with Crippen LogP contribution in [0.2, 0.25) is 0 Å². The highest BCUT2D eigenvalue weighted by Gasteiger charge is 2.24. The Labute approximate surface area is 130 Å². The van der Waals surface area contributed by atoms with Crippen LogP contribution in [0.5, 0.6) is 5.75 Å². The summed E-state index contributed by atoms with van der Waals surface area (Å²) in [7, 11) is -9.62. The van der Waals surface area contributed by atoms with Gasteiger partial charge in [0.2, 0.25) is 0 Å². The molecule has 0 amide bonds. The standard InChI is InChI=1S/C13H9NO7S2/c15-13-8-3-1-2-4-9(8)14-10-5-7(22(16,17)18)6-11(12(10)13)23(19,20)21/h1-6H,(H,14,15)(H,16,17,18)(H,19,20,21). The molecule has 1 heterocycles. The largest absolute Gasteiger partial charge is 0.506 e. The van der Waals surface area contributed by atoms with Gasteiger partial charge in [0.15, 0.2) is 0 Å². The van der Waals surface area contributed by atoms with Crippen molar-refractivity contribution in [1.82, 2.24) is 4.98 Å². The third kappa shape index (κ3) is 2.61. The molecule has 3 N–H and O–H groups in total. The summed E-state index contributed by atoms with van der Waals surface area (Å²) in [6, 6.07) is 7.70.